The number of ether oxygens (including phenoxy) is 2. The number of nitrogens with zero attached hydrogens (tertiary/aromatic N) is 1. The summed E-state index contributed by atoms with van der Waals surface area (Å²) in [7, 11) is 0. The number of aliphatic hydroxyl groups excluding tert-OH is 1. The molecule has 4 nitrogen and oxygen atoms in total. The average molecular weight is 271 g/mol. The lowest BCUT2D eigenvalue weighted by Gasteiger charge is -2.45. The highest BCUT2D eigenvalue weighted by Gasteiger charge is 2.57. The van der Waals surface area contributed by atoms with E-state index >= 15 is 0 Å². The molecular weight excluding hydrogens is 254 g/mol. The number of aliphatic hydroxyl groups is 1. The van der Waals surface area contributed by atoms with Gasteiger partial charge in [-0.1, -0.05) is 12.2 Å². The Kier molecular flexibility index (Phi) is 1.99. The van der Waals surface area contributed by atoms with E-state index in [4.69, 9.17) is 9.47 Å². The number of fused-ring (bicyclic) bond motifs is 2. The monoisotopic (exact) mass is 271 g/mol. The van der Waals surface area contributed by atoms with Gasteiger partial charge in [-0.25, -0.2) is 0 Å². The van der Waals surface area contributed by atoms with Crippen LogP contribution in [0, 0.1) is 0 Å². The van der Waals surface area contributed by atoms with Crippen LogP contribution in [0.2, 0.25) is 0 Å². The fourth-order valence-electron chi connectivity index (χ4n) is 4.56. The van der Waals surface area contributed by atoms with E-state index < -0.39 is 0 Å². The summed E-state index contributed by atoms with van der Waals surface area (Å²) < 4.78 is 11.0. The number of benzene rings is 1. The van der Waals surface area contributed by atoms with Crippen molar-refractivity contribution in [2.45, 2.75) is 36.9 Å². The minimum atomic E-state index is -0.328. The molecule has 3 aliphatic heterocycles. The fraction of sp³-hybridized carbons (Fsp3) is 0.500. The maximum atomic E-state index is 10.7. The third kappa shape index (κ3) is 1.15. The molecule has 1 aliphatic carbocycles. The maximum Gasteiger partial charge on any atom is 0.231 e. The van der Waals surface area contributed by atoms with Gasteiger partial charge in [0, 0.05) is 19.1 Å². The van der Waals surface area contributed by atoms with E-state index in [1.165, 1.54) is 11.1 Å². The van der Waals surface area contributed by atoms with E-state index in [1.54, 1.807) is 0 Å². The summed E-state index contributed by atoms with van der Waals surface area (Å²) in [5.41, 5.74) is 2.27. The number of rotatable bonds is 0. The molecule has 1 unspecified atom stereocenters. The highest BCUT2D eigenvalue weighted by atomic mass is 16.7. The molecule has 4 atom stereocenters. The summed E-state index contributed by atoms with van der Waals surface area (Å²) >= 11 is 0. The molecule has 20 heavy (non-hydrogen) atoms. The summed E-state index contributed by atoms with van der Waals surface area (Å²) in [6.45, 7) is 1.97. The summed E-state index contributed by atoms with van der Waals surface area (Å²) in [6, 6.07) is 4.63. The molecule has 1 aromatic rings. The molecule has 104 valence electrons. The molecule has 0 spiro atoms. The van der Waals surface area contributed by atoms with Crippen molar-refractivity contribution in [3.8, 4) is 11.5 Å². The van der Waals surface area contributed by atoms with Gasteiger partial charge in [0.1, 0.15) is 0 Å². The zero-order valence-electron chi connectivity index (χ0n) is 11.2. The Labute approximate surface area is 117 Å². The van der Waals surface area contributed by atoms with Crippen LogP contribution in [0.25, 0.3) is 0 Å². The molecule has 1 aromatic carbocycles. The molecule has 0 radical (unpaired) electrons. The Morgan fingerprint density at radius 1 is 1.25 bits per heavy atom. The maximum absolute atomic E-state index is 10.7. The van der Waals surface area contributed by atoms with Gasteiger partial charge in [-0.3, -0.25) is 4.90 Å². The van der Waals surface area contributed by atoms with Gasteiger partial charge in [0.25, 0.3) is 0 Å². The second kappa shape index (κ2) is 3.57. The number of hydrogen-bond donors (Lipinski definition) is 1. The Balaban J connectivity index is 1.78. The van der Waals surface area contributed by atoms with Crippen molar-refractivity contribution in [1.29, 1.82) is 0 Å². The average Bonchev–Trinajstić information content (AvgIpc) is 2.99. The van der Waals surface area contributed by atoms with E-state index in [1.807, 2.05) is 0 Å². The minimum absolute atomic E-state index is 0.243. The van der Waals surface area contributed by atoms with Crippen molar-refractivity contribution >= 4 is 0 Å². The Hall–Kier alpha value is -1.52. The third-order valence-corrected chi connectivity index (χ3v) is 5.39. The lowest BCUT2D eigenvalue weighted by atomic mass is 9.66. The van der Waals surface area contributed by atoms with Crippen molar-refractivity contribution in [3.05, 3.63) is 35.4 Å². The molecule has 2 bridgehead atoms. The molecule has 1 saturated heterocycles. The van der Waals surface area contributed by atoms with E-state index in [2.05, 4.69) is 29.2 Å². The number of allylic oxidation sites excluding steroid dienone is 1. The van der Waals surface area contributed by atoms with Gasteiger partial charge in [-0.05, 0) is 36.1 Å². The molecule has 0 amide bonds. The summed E-state index contributed by atoms with van der Waals surface area (Å²) in [5.74, 6) is 1.66. The highest BCUT2D eigenvalue weighted by molar-refractivity contribution is 5.56. The van der Waals surface area contributed by atoms with Crippen molar-refractivity contribution in [1.82, 2.24) is 4.90 Å². The SMILES string of the molecule is O[C@@H]1CN2Cc3cc4c(cc3[C@@]13C=CCC[C@@H]23)OCO4. The normalized spacial score (nSPS) is 39.5. The van der Waals surface area contributed by atoms with Gasteiger partial charge in [0.15, 0.2) is 11.5 Å². The highest BCUT2D eigenvalue weighted by Crippen LogP contribution is 2.53. The molecule has 5 rings (SSSR count). The van der Waals surface area contributed by atoms with Crippen LogP contribution in [0.15, 0.2) is 24.3 Å². The Morgan fingerprint density at radius 2 is 2.10 bits per heavy atom. The molecule has 1 N–H and O–H groups in total. The first-order chi connectivity index (χ1) is 9.79. The van der Waals surface area contributed by atoms with Crippen molar-refractivity contribution < 1.29 is 14.6 Å². The van der Waals surface area contributed by atoms with E-state index in [9.17, 15) is 5.11 Å². The van der Waals surface area contributed by atoms with E-state index in [0.29, 0.717) is 12.8 Å². The van der Waals surface area contributed by atoms with Crippen LogP contribution in [0.5, 0.6) is 11.5 Å². The van der Waals surface area contributed by atoms with Crippen molar-refractivity contribution in [2.24, 2.45) is 0 Å². The molecule has 4 aliphatic rings. The van der Waals surface area contributed by atoms with Crippen LogP contribution >= 0.6 is 0 Å². The Bertz CT molecular complexity index is 626. The predicted octanol–water partition coefficient (Wildman–Crippen LogP) is 1.56. The number of hydrogen-bond acceptors (Lipinski definition) is 4. The molecule has 4 heteroatoms. The second-order valence-corrected chi connectivity index (χ2v) is 6.24. The standard InChI is InChI=1S/C16H17NO3/c18-15-8-17-7-10-5-12-13(20-9-19-12)6-11(10)16(15)4-2-1-3-14(16)17/h2,4-6,14-15,18H,1,3,7-9H2/t14-,15-,16-/m1/s1. The minimum Gasteiger partial charge on any atom is -0.454 e. The lowest BCUT2D eigenvalue weighted by Crippen LogP contribution is -2.49. The van der Waals surface area contributed by atoms with Crippen molar-refractivity contribution in [3.63, 3.8) is 0 Å². The molecule has 3 heterocycles. The third-order valence-electron chi connectivity index (χ3n) is 5.39. The zero-order valence-corrected chi connectivity index (χ0v) is 11.2. The van der Waals surface area contributed by atoms with E-state index in [-0.39, 0.29) is 11.5 Å². The first kappa shape index (κ1) is 11.2. The molecule has 0 aromatic heterocycles. The van der Waals surface area contributed by atoms with Crippen LogP contribution in [-0.4, -0.2) is 35.5 Å². The first-order valence-electron chi connectivity index (χ1n) is 7.32. The fourth-order valence-corrected chi connectivity index (χ4v) is 4.56. The zero-order chi connectivity index (χ0) is 13.3. The smallest absolute Gasteiger partial charge is 0.231 e. The van der Waals surface area contributed by atoms with Crippen LogP contribution < -0.4 is 9.47 Å². The Morgan fingerprint density at radius 3 is 3.00 bits per heavy atom. The summed E-state index contributed by atoms with van der Waals surface area (Å²) in [6.07, 6.45) is 6.37. The lowest BCUT2D eigenvalue weighted by molar-refractivity contribution is 0.130. The van der Waals surface area contributed by atoms with Crippen LogP contribution in [0.1, 0.15) is 24.0 Å². The molecule has 0 saturated carbocycles. The van der Waals surface area contributed by atoms with Crippen LogP contribution in [0.4, 0.5) is 0 Å². The van der Waals surface area contributed by atoms with Gasteiger partial charge in [0.2, 0.25) is 6.79 Å². The summed E-state index contributed by atoms with van der Waals surface area (Å²) in [5, 5.41) is 10.7. The quantitative estimate of drug-likeness (QED) is 0.727. The predicted molar refractivity (Wildman–Crippen MR) is 72.8 cm³/mol. The molecular formula is C16H17NO3. The summed E-state index contributed by atoms with van der Waals surface area (Å²) in [4.78, 5) is 2.43. The van der Waals surface area contributed by atoms with Gasteiger partial charge in [0.05, 0.1) is 11.5 Å². The largest absolute Gasteiger partial charge is 0.454 e. The van der Waals surface area contributed by atoms with E-state index in [0.717, 1.165) is 37.4 Å². The topological polar surface area (TPSA) is 41.9 Å². The second-order valence-electron chi connectivity index (χ2n) is 6.24. The van der Waals surface area contributed by atoms with Gasteiger partial charge in [-0.15, -0.1) is 0 Å². The van der Waals surface area contributed by atoms with Gasteiger partial charge < -0.3 is 14.6 Å². The molecule has 1 fully saturated rings. The van der Waals surface area contributed by atoms with Crippen LogP contribution in [0.3, 0.4) is 0 Å². The van der Waals surface area contributed by atoms with Crippen molar-refractivity contribution in [2.75, 3.05) is 13.3 Å². The first-order valence-corrected chi connectivity index (χ1v) is 7.32. The van der Waals surface area contributed by atoms with Gasteiger partial charge in [-0.2, -0.15) is 0 Å². The van der Waals surface area contributed by atoms with Crippen LogP contribution in [-0.2, 0) is 12.0 Å². The van der Waals surface area contributed by atoms with Gasteiger partial charge >= 0.3 is 0 Å².